The van der Waals surface area contributed by atoms with Crippen LogP contribution in [0.1, 0.15) is 0 Å². The maximum absolute atomic E-state index is 12.7. The van der Waals surface area contributed by atoms with Gasteiger partial charge in [0.1, 0.15) is 11.7 Å². The molecule has 8 nitrogen and oxygen atoms in total. The highest BCUT2D eigenvalue weighted by atomic mass is 16.5. The van der Waals surface area contributed by atoms with Gasteiger partial charge in [0.2, 0.25) is 5.88 Å². The van der Waals surface area contributed by atoms with Gasteiger partial charge in [0.05, 0.1) is 11.9 Å². The highest BCUT2D eigenvalue weighted by molar-refractivity contribution is 5.82. The van der Waals surface area contributed by atoms with Crippen LogP contribution >= 0.6 is 0 Å². The number of fused-ring (bicyclic) bond motifs is 1. The second-order valence-corrected chi connectivity index (χ2v) is 7.30. The summed E-state index contributed by atoms with van der Waals surface area (Å²) in [5.74, 6) is 0.318. The van der Waals surface area contributed by atoms with Crippen molar-refractivity contribution in [3.05, 3.63) is 73.2 Å². The minimum absolute atomic E-state index is 0.0464. The van der Waals surface area contributed by atoms with Crippen LogP contribution in [-0.4, -0.2) is 63.3 Å². The van der Waals surface area contributed by atoms with Crippen LogP contribution in [0, 0.1) is 0 Å². The maximum Gasteiger partial charge on any atom is 0.260 e. The van der Waals surface area contributed by atoms with E-state index in [0.29, 0.717) is 30.0 Å². The van der Waals surface area contributed by atoms with E-state index in [1.807, 2.05) is 53.4 Å². The van der Waals surface area contributed by atoms with Crippen LogP contribution in [-0.2, 0) is 4.79 Å². The van der Waals surface area contributed by atoms with Crippen molar-refractivity contribution in [3.8, 4) is 11.6 Å². The molecule has 1 aliphatic rings. The molecule has 1 amide bonds. The van der Waals surface area contributed by atoms with Crippen LogP contribution in [0.25, 0.3) is 16.7 Å². The normalized spacial score (nSPS) is 14.1. The number of anilines is 1. The number of nitrogens with zero attached hydrogens (tertiary/aromatic N) is 6. The number of rotatable bonds is 5. The quantitative estimate of drug-likeness (QED) is 0.500. The molecule has 0 atom stereocenters. The van der Waals surface area contributed by atoms with Gasteiger partial charge in [-0.1, -0.05) is 36.4 Å². The number of amides is 1. The number of hydrogen-bond acceptors (Lipinski definition) is 6. The monoisotopic (exact) mass is 414 g/mol. The summed E-state index contributed by atoms with van der Waals surface area (Å²) in [6.45, 7) is 2.88. The van der Waals surface area contributed by atoms with Gasteiger partial charge in [-0.2, -0.15) is 5.10 Å². The topological polar surface area (TPSA) is 76.4 Å². The number of piperazine rings is 1. The Hall–Kier alpha value is -3.94. The minimum atomic E-state index is -0.0615. The number of hydrogen-bond donors (Lipinski definition) is 0. The molecule has 31 heavy (non-hydrogen) atoms. The van der Waals surface area contributed by atoms with Crippen molar-refractivity contribution in [3.63, 3.8) is 0 Å². The summed E-state index contributed by atoms with van der Waals surface area (Å²) >= 11 is 0. The van der Waals surface area contributed by atoms with Gasteiger partial charge in [-0.3, -0.25) is 4.79 Å². The van der Waals surface area contributed by atoms with E-state index in [2.05, 4.69) is 32.1 Å². The highest BCUT2D eigenvalue weighted by Crippen LogP contribution is 2.23. The molecule has 1 aliphatic heterocycles. The third-order valence-electron chi connectivity index (χ3n) is 5.42. The Morgan fingerprint density at radius 2 is 1.55 bits per heavy atom. The van der Waals surface area contributed by atoms with E-state index in [1.165, 1.54) is 12.0 Å². The highest BCUT2D eigenvalue weighted by Gasteiger charge is 2.22. The van der Waals surface area contributed by atoms with E-state index in [9.17, 15) is 4.79 Å². The fourth-order valence-electron chi connectivity index (χ4n) is 3.77. The zero-order chi connectivity index (χ0) is 21.0. The van der Waals surface area contributed by atoms with Crippen LogP contribution in [0.4, 0.5) is 5.69 Å². The van der Waals surface area contributed by atoms with Gasteiger partial charge in [0.15, 0.2) is 12.3 Å². The Kier molecular flexibility index (Phi) is 5.18. The van der Waals surface area contributed by atoms with Crippen molar-refractivity contribution in [1.82, 2.24) is 24.6 Å². The van der Waals surface area contributed by atoms with Gasteiger partial charge in [-0.15, -0.1) is 0 Å². The smallest absolute Gasteiger partial charge is 0.260 e. The molecule has 8 heteroatoms. The summed E-state index contributed by atoms with van der Waals surface area (Å²) in [6, 6.07) is 20.0. The lowest BCUT2D eigenvalue weighted by molar-refractivity contribution is -0.133. The van der Waals surface area contributed by atoms with Crippen molar-refractivity contribution in [2.75, 3.05) is 37.7 Å². The average molecular weight is 414 g/mol. The van der Waals surface area contributed by atoms with Crippen LogP contribution in [0.15, 0.2) is 73.2 Å². The van der Waals surface area contributed by atoms with Crippen molar-refractivity contribution in [2.45, 2.75) is 0 Å². The van der Waals surface area contributed by atoms with Gasteiger partial charge < -0.3 is 14.5 Å². The second kappa shape index (κ2) is 8.43. The summed E-state index contributed by atoms with van der Waals surface area (Å²) in [5.41, 5.74) is 2.72. The van der Waals surface area contributed by atoms with Crippen molar-refractivity contribution < 1.29 is 9.53 Å². The first-order valence-corrected chi connectivity index (χ1v) is 10.2. The fraction of sp³-hybridized carbons (Fsp3) is 0.217. The number of aromatic nitrogens is 4. The maximum atomic E-state index is 12.7. The molecule has 5 rings (SSSR count). The summed E-state index contributed by atoms with van der Waals surface area (Å²) in [7, 11) is 0. The van der Waals surface area contributed by atoms with E-state index in [1.54, 1.807) is 10.9 Å². The predicted molar refractivity (Wildman–Crippen MR) is 117 cm³/mol. The average Bonchev–Trinajstić information content (AvgIpc) is 3.29. The summed E-state index contributed by atoms with van der Waals surface area (Å²) in [4.78, 5) is 25.4. The van der Waals surface area contributed by atoms with E-state index in [0.717, 1.165) is 18.8 Å². The zero-order valence-electron chi connectivity index (χ0n) is 17.0. The molecular weight excluding hydrogens is 392 g/mol. The summed E-state index contributed by atoms with van der Waals surface area (Å²) in [5, 5.41) is 5.09. The van der Waals surface area contributed by atoms with Crippen LogP contribution in [0.2, 0.25) is 0 Å². The third kappa shape index (κ3) is 3.92. The lowest BCUT2D eigenvalue weighted by Crippen LogP contribution is -2.50. The van der Waals surface area contributed by atoms with Gasteiger partial charge >= 0.3 is 0 Å². The van der Waals surface area contributed by atoms with Crippen molar-refractivity contribution in [1.29, 1.82) is 0 Å². The summed E-state index contributed by atoms with van der Waals surface area (Å²) in [6.07, 6.45) is 3.10. The Bertz CT molecular complexity index is 1170. The van der Waals surface area contributed by atoms with Crippen LogP contribution in [0.5, 0.6) is 5.88 Å². The lowest BCUT2D eigenvalue weighted by Gasteiger charge is -2.36. The molecule has 156 valence electrons. The number of carbonyl (C=O) groups excluding carboxylic acids is 1. The molecule has 2 aromatic heterocycles. The second-order valence-electron chi connectivity index (χ2n) is 7.30. The largest absolute Gasteiger partial charge is 0.467 e. The molecule has 0 saturated carbocycles. The number of para-hydroxylation sites is 2. The lowest BCUT2D eigenvalue weighted by atomic mass is 10.2. The zero-order valence-corrected chi connectivity index (χ0v) is 17.0. The molecule has 0 spiro atoms. The fourth-order valence-corrected chi connectivity index (χ4v) is 3.77. The molecule has 3 heterocycles. The van der Waals surface area contributed by atoms with Crippen molar-refractivity contribution in [2.24, 2.45) is 0 Å². The van der Waals surface area contributed by atoms with Gasteiger partial charge in [-0.25, -0.2) is 14.6 Å². The van der Waals surface area contributed by atoms with E-state index >= 15 is 0 Å². The molecule has 0 unspecified atom stereocenters. The molecule has 0 bridgehead atoms. The molecule has 0 radical (unpaired) electrons. The predicted octanol–water partition coefficient (Wildman–Crippen LogP) is 2.54. The molecular formula is C23H22N6O2. The molecule has 1 fully saturated rings. The van der Waals surface area contributed by atoms with E-state index in [4.69, 9.17) is 4.74 Å². The number of carbonyl (C=O) groups is 1. The minimum Gasteiger partial charge on any atom is -0.467 e. The number of benzene rings is 2. The SMILES string of the molecule is O=C(COc1ncnc2c1cnn2-c1ccccc1)N1CCN(c2ccccc2)CC1. The first-order valence-electron chi connectivity index (χ1n) is 10.2. The van der Waals surface area contributed by atoms with Gasteiger partial charge in [0, 0.05) is 31.9 Å². The van der Waals surface area contributed by atoms with Crippen LogP contribution in [0.3, 0.4) is 0 Å². The van der Waals surface area contributed by atoms with Crippen LogP contribution < -0.4 is 9.64 Å². The third-order valence-corrected chi connectivity index (χ3v) is 5.42. The number of ether oxygens (including phenoxy) is 1. The Morgan fingerprint density at radius 1 is 0.871 bits per heavy atom. The molecule has 0 N–H and O–H groups in total. The molecule has 2 aromatic carbocycles. The first-order chi connectivity index (χ1) is 15.3. The summed E-state index contributed by atoms with van der Waals surface area (Å²) < 4.78 is 7.52. The van der Waals surface area contributed by atoms with Gasteiger partial charge in [-0.05, 0) is 24.3 Å². The first kappa shape index (κ1) is 19.0. The Labute approximate surface area is 179 Å². The van der Waals surface area contributed by atoms with Gasteiger partial charge in [0.25, 0.3) is 5.91 Å². The Morgan fingerprint density at radius 3 is 2.26 bits per heavy atom. The standard InChI is InChI=1S/C23H22N6O2/c30-21(28-13-11-27(12-14-28)18-7-3-1-4-8-18)16-31-23-20-15-26-29(22(20)24-17-25-23)19-9-5-2-6-10-19/h1-10,15,17H,11-14,16H2. The molecule has 4 aromatic rings. The van der Waals surface area contributed by atoms with E-state index in [-0.39, 0.29) is 12.5 Å². The van der Waals surface area contributed by atoms with Crippen molar-refractivity contribution >= 4 is 22.6 Å². The van der Waals surface area contributed by atoms with E-state index < -0.39 is 0 Å². The molecule has 0 aliphatic carbocycles. The molecule has 1 saturated heterocycles. The Balaban J connectivity index is 1.23.